The largest absolute Gasteiger partial charge is 0.507 e. The van der Waals surface area contributed by atoms with E-state index in [1.54, 1.807) is 13.0 Å². The number of aromatic hydroxyl groups is 1. The molecular weight excluding hydrogens is 274 g/mol. The normalized spacial score (nSPS) is 9.56. The van der Waals surface area contributed by atoms with Crippen LogP contribution in [0, 0.1) is 11.3 Å². The van der Waals surface area contributed by atoms with Gasteiger partial charge in [-0.15, -0.1) is 0 Å². The van der Waals surface area contributed by atoms with E-state index in [-0.39, 0.29) is 23.5 Å². The molecule has 0 saturated carbocycles. The third kappa shape index (κ3) is 2.34. The second-order valence-electron chi connectivity index (χ2n) is 2.96. The van der Waals surface area contributed by atoms with Gasteiger partial charge in [-0.25, -0.2) is 4.79 Å². The molecule has 0 aliphatic carbocycles. The summed E-state index contributed by atoms with van der Waals surface area (Å²) < 4.78 is 4.79. The lowest BCUT2D eigenvalue weighted by Gasteiger charge is -2.08. The zero-order chi connectivity index (χ0) is 12.1. The van der Waals surface area contributed by atoms with Crippen molar-refractivity contribution in [1.82, 2.24) is 0 Å². The lowest BCUT2D eigenvalue weighted by atomic mass is 10.0. The molecule has 84 valence electrons. The molecule has 0 heterocycles. The molecule has 1 aromatic carbocycles. The highest BCUT2D eigenvalue weighted by molar-refractivity contribution is 9.08. The fraction of sp³-hybridized carbons (Fsp3) is 0.273. The number of esters is 1. The topological polar surface area (TPSA) is 70.3 Å². The molecule has 0 unspecified atom stereocenters. The number of rotatable bonds is 3. The van der Waals surface area contributed by atoms with Crippen molar-refractivity contribution in [1.29, 1.82) is 5.26 Å². The van der Waals surface area contributed by atoms with Crippen LogP contribution in [0.25, 0.3) is 0 Å². The van der Waals surface area contributed by atoms with Crippen LogP contribution in [-0.4, -0.2) is 17.7 Å². The summed E-state index contributed by atoms with van der Waals surface area (Å²) in [7, 11) is 0. The van der Waals surface area contributed by atoms with E-state index < -0.39 is 5.97 Å². The van der Waals surface area contributed by atoms with Crippen LogP contribution in [0.3, 0.4) is 0 Å². The van der Waals surface area contributed by atoms with Gasteiger partial charge in [0.15, 0.2) is 0 Å². The number of halogens is 1. The molecule has 0 aliphatic heterocycles. The SMILES string of the molecule is CCOC(=O)c1c(C#N)ccc(CBr)c1O. The Morgan fingerprint density at radius 1 is 1.62 bits per heavy atom. The number of carbonyl (C=O) groups excluding carboxylic acids is 1. The Labute approximate surface area is 102 Å². The number of nitrogens with zero attached hydrogens (tertiary/aromatic N) is 1. The van der Waals surface area contributed by atoms with Gasteiger partial charge < -0.3 is 9.84 Å². The first-order chi connectivity index (χ1) is 7.65. The molecule has 0 bridgehead atoms. The molecule has 0 amide bonds. The Morgan fingerprint density at radius 2 is 2.31 bits per heavy atom. The molecule has 4 nitrogen and oxygen atoms in total. The van der Waals surface area contributed by atoms with Crippen molar-refractivity contribution in [2.75, 3.05) is 6.61 Å². The van der Waals surface area contributed by atoms with Gasteiger partial charge in [0, 0.05) is 10.9 Å². The number of benzene rings is 1. The van der Waals surface area contributed by atoms with Crippen molar-refractivity contribution in [2.24, 2.45) is 0 Å². The first-order valence-electron chi connectivity index (χ1n) is 4.63. The average Bonchev–Trinajstić information content (AvgIpc) is 2.28. The van der Waals surface area contributed by atoms with Crippen LogP contribution in [0.2, 0.25) is 0 Å². The van der Waals surface area contributed by atoms with Crippen molar-refractivity contribution in [3.05, 3.63) is 28.8 Å². The Morgan fingerprint density at radius 3 is 2.81 bits per heavy atom. The maximum atomic E-state index is 11.6. The van der Waals surface area contributed by atoms with Crippen molar-refractivity contribution in [2.45, 2.75) is 12.3 Å². The number of hydrogen-bond acceptors (Lipinski definition) is 4. The molecule has 0 aromatic heterocycles. The molecular formula is C11H10BrNO3. The molecule has 5 heteroatoms. The van der Waals surface area contributed by atoms with E-state index in [2.05, 4.69) is 15.9 Å². The number of phenols is 1. The van der Waals surface area contributed by atoms with Crippen LogP contribution in [0.5, 0.6) is 5.75 Å². The van der Waals surface area contributed by atoms with E-state index in [0.29, 0.717) is 10.9 Å². The summed E-state index contributed by atoms with van der Waals surface area (Å²) in [4.78, 5) is 11.6. The standard InChI is InChI=1S/C11H10BrNO3/c1-2-16-11(15)9-8(6-13)4-3-7(5-12)10(9)14/h3-4,14H,2,5H2,1H3. The van der Waals surface area contributed by atoms with Gasteiger partial charge in [-0.05, 0) is 13.0 Å². The fourth-order valence-corrected chi connectivity index (χ4v) is 1.70. The number of ether oxygens (including phenoxy) is 1. The van der Waals surface area contributed by atoms with Crippen LogP contribution in [-0.2, 0) is 10.1 Å². The number of hydrogen-bond donors (Lipinski definition) is 1. The van der Waals surface area contributed by atoms with E-state index >= 15 is 0 Å². The first-order valence-corrected chi connectivity index (χ1v) is 5.75. The van der Waals surface area contributed by atoms with Gasteiger partial charge in [-0.2, -0.15) is 5.26 Å². The number of phenolic OH excluding ortho intramolecular Hbond substituents is 1. The van der Waals surface area contributed by atoms with Gasteiger partial charge in [0.25, 0.3) is 0 Å². The molecule has 0 aliphatic rings. The monoisotopic (exact) mass is 283 g/mol. The average molecular weight is 284 g/mol. The summed E-state index contributed by atoms with van der Waals surface area (Å²) in [5.41, 5.74) is 0.587. The Kier molecular flexibility index (Phi) is 4.32. The first kappa shape index (κ1) is 12.5. The van der Waals surface area contributed by atoms with E-state index in [1.807, 2.05) is 6.07 Å². The zero-order valence-corrected chi connectivity index (χ0v) is 10.2. The van der Waals surface area contributed by atoms with Crippen LogP contribution in [0.1, 0.15) is 28.4 Å². The predicted octanol–water partition coefficient (Wildman–Crippen LogP) is 2.34. The summed E-state index contributed by atoms with van der Waals surface area (Å²) in [6, 6.07) is 4.93. The molecule has 1 rings (SSSR count). The predicted molar refractivity (Wildman–Crippen MR) is 61.4 cm³/mol. The minimum atomic E-state index is -0.681. The fourth-order valence-electron chi connectivity index (χ4n) is 1.25. The van der Waals surface area contributed by atoms with Crippen molar-refractivity contribution >= 4 is 21.9 Å². The van der Waals surface area contributed by atoms with Crippen LogP contribution in [0.4, 0.5) is 0 Å². The molecule has 1 N–H and O–H groups in total. The number of alkyl halides is 1. The summed E-state index contributed by atoms with van der Waals surface area (Å²) in [6.07, 6.45) is 0. The number of nitriles is 1. The Hall–Kier alpha value is -1.54. The zero-order valence-electron chi connectivity index (χ0n) is 8.66. The minimum absolute atomic E-state index is 0.0682. The van der Waals surface area contributed by atoms with Crippen molar-refractivity contribution in [3.8, 4) is 11.8 Å². The second kappa shape index (κ2) is 5.52. The van der Waals surface area contributed by atoms with E-state index in [1.165, 1.54) is 6.07 Å². The molecule has 1 aromatic rings. The molecule has 0 saturated heterocycles. The highest BCUT2D eigenvalue weighted by Gasteiger charge is 2.20. The van der Waals surface area contributed by atoms with Gasteiger partial charge in [-0.3, -0.25) is 0 Å². The van der Waals surface area contributed by atoms with E-state index in [9.17, 15) is 9.90 Å². The van der Waals surface area contributed by atoms with Crippen molar-refractivity contribution < 1.29 is 14.6 Å². The molecule has 0 spiro atoms. The Balaban J connectivity index is 3.33. The lowest BCUT2D eigenvalue weighted by molar-refractivity contribution is 0.0522. The summed E-state index contributed by atoms with van der Waals surface area (Å²) in [6.45, 7) is 1.86. The third-order valence-corrected chi connectivity index (χ3v) is 2.61. The van der Waals surface area contributed by atoms with Crippen molar-refractivity contribution in [3.63, 3.8) is 0 Å². The van der Waals surface area contributed by atoms with Crippen LogP contribution in [0.15, 0.2) is 12.1 Å². The van der Waals surface area contributed by atoms with Gasteiger partial charge in [0.05, 0.1) is 12.2 Å². The van der Waals surface area contributed by atoms with Crippen LogP contribution < -0.4 is 0 Å². The highest BCUT2D eigenvalue weighted by atomic mass is 79.9. The second-order valence-corrected chi connectivity index (χ2v) is 3.52. The van der Waals surface area contributed by atoms with Gasteiger partial charge in [0.2, 0.25) is 0 Å². The van der Waals surface area contributed by atoms with Gasteiger partial charge in [-0.1, -0.05) is 22.0 Å². The van der Waals surface area contributed by atoms with E-state index in [4.69, 9.17) is 10.00 Å². The summed E-state index contributed by atoms with van der Waals surface area (Å²) in [5.74, 6) is -0.881. The quantitative estimate of drug-likeness (QED) is 0.683. The molecule has 0 atom stereocenters. The maximum Gasteiger partial charge on any atom is 0.343 e. The molecule has 16 heavy (non-hydrogen) atoms. The smallest absolute Gasteiger partial charge is 0.343 e. The third-order valence-electron chi connectivity index (χ3n) is 2.01. The van der Waals surface area contributed by atoms with Gasteiger partial charge in [0.1, 0.15) is 17.4 Å². The molecule has 0 radical (unpaired) electrons. The Bertz CT molecular complexity index is 451. The minimum Gasteiger partial charge on any atom is -0.507 e. The highest BCUT2D eigenvalue weighted by Crippen LogP contribution is 2.28. The lowest BCUT2D eigenvalue weighted by Crippen LogP contribution is -2.08. The summed E-state index contributed by atoms with van der Waals surface area (Å²) >= 11 is 3.18. The van der Waals surface area contributed by atoms with Gasteiger partial charge >= 0.3 is 5.97 Å². The number of carbonyl (C=O) groups is 1. The van der Waals surface area contributed by atoms with Crippen LogP contribution >= 0.6 is 15.9 Å². The molecule has 0 fully saturated rings. The summed E-state index contributed by atoms with van der Waals surface area (Å²) in [5, 5.41) is 19.1. The maximum absolute atomic E-state index is 11.6. The van der Waals surface area contributed by atoms with E-state index in [0.717, 1.165) is 0 Å².